The first-order chi connectivity index (χ1) is 12.8. The molecule has 2 heterocycles. The molecule has 2 aromatic heterocycles. The SMILES string of the molecule is COCc1c(C(=O)Nc2cnn(C(C)(C)C(=O)O)c2)sc2cccc(F)c12. The van der Waals surface area contributed by atoms with Gasteiger partial charge in [0, 0.05) is 29.0 Å². The van der Waals surface area contributed by atoms with Gasteiger partial charge < -0.3 is 15.2 Å². The van der Waals surface area contributed by atoms with E-state index in [1.807, 2.05) is 0 Å². The highest BCUT2D eigenvalue weighted by molar-refractivity contribution is 7.21. The third-order valence-electron chi connectivity index (χ3n) is 4.19. The molecular weight excluding hydrogens is 373 g/mol. The zero-order valence-corrected chi connectivity index (χ0v) is 15.8. The predicted octanol–water partition coefficient (Wildman–Crippen LogP) is 3.46. The molecule has 0 aliphatic heterocycles. The minimum absolute atomic E-state index is 0.0923. The molecule has 0 aliphatic carbocycles. The molecule has 1 aromatic carbocycles. The second-order valence-corrected chi connectivity index (χ2v) is 7.50. The monoisotopic (exact) mass is 391 g/mol. The van der Waals surface area contributed by atoms with Gasteiger partial charge in [-0.2, -0.15) is 5.10 Å². The zero-order valence-electron chi connectivity index (χ0n) is 14.9. The Morgan fingerprint density at radius 2 is 2.15 bits per heavy atom. The van der Waals surface area contributed by atoms with E-state index >= 15 is 0 Å². The van der Waals surface area contributed by atoms with Gasteiger partial charge in [0.05, 0.1) is 23.4 Å². The molecule has 0 atom stereocenters. The molecule has 7 nitrogen and oxygen atoms in total. The Kier molecular flexibility index (Phi) is 4.99. The van der Waals surface area contributed by atoms with E-state index in [1.54, 1.807) is 12.1 Å². The minimum atomic E-state index is -1.26. The van der Waals surface area contributed by atoms with E-state index in [9.17, 15) is 19.1 Å². The first-order valence-corrected chi connectivity index (χ1v) is 8.86. The van der Waals surface area contributed by atoms with Crippen LogP contribution in [0.4, 0.5) is 10.1 Å². The number of carbonyl (C=O) groups excluding carboxylic acids is 1. The number of methoxy groups -OCH3 is 1. The van der Waals surface area contributed by atoms with Gasteiger partial charge in [-0.15, -0.1) is 11.3 Å². The van der Waals surface area contributed by atoms with Crippen LogP contribution < -0.4 is 5.32 Å². The topological polar surface area (TPSA) is 93.5 Å². The lowest BCUT2D eigenvalue weighted by Crippen LogP contribution is -2.35. The number of aromatic nitrogens is 2. The number of benzene rings is 1. The van der Waals surface area contributed by atoms with Crippen LogP contribution in [0.25, 0.3) is 10.1 Å². The van der Waals surface area contributed by atoms with Crippen molar-refractivity contribution in [3.63, 3.8) is 0 Å². The third kappa shape index (κ3) is 3.43. The van der Waals surface area contributed by atoms with Gasteiger partial charge in [-0.3, -0.25) is 9.48 Å². The number of carboxylic acid groups (broad SMARTS) is 1. The molecule has 2 N–H and O–H groups in total. The third-order valence-corrected chi connectivity index (χ3v) is 5.39. The van der Waals surface area contributed by atoms with Crippen LogP contribution in [0.5, 0.6) is 0 Å². The maximum absolute atomic E-state index is 14.2. The number of rotatable bonds is 6. The van der Waals surface area contributed by atoms with E-state index in [-0.39, 0.29) is 6.61 Å². The molecule has 0 unspecified atom stereocenters. The van der Waals surface area contributed by atoms with Crippen LogP contribution >= 0.6 is 11.3 Å². The first-order valence-electron chi connectivity index (χ1n) is 8.04. The molecule has 0 radical (unpaired) electrons. The number of aliphatic carboxylic acids is 1. The smallest absolute Gasteiger partial charge is 0.331 e. The Morgan fingerprint density at radius 3 is 2.81 bits per heavy atom. The summed E-state index contributed by atoms with van der Waals surface area (Å²) in [5.41, 5.74) is -0.438. The second-order valence-electron chi connectivity index (χ2n) is 6.45. The van der Waals surface area contributed by atoms with Crippen molar-refractivity contribution < 1.29 is 23.8 Å². The van der Waals surface area contributed by atoms with Crippen LogP contribution in [0.1, 0.15) is 29.1 Å². The number of hydrogen-bond acceptors (Lipinski definition) is 5. The number of hydrogen-bond donors (Lipinski definition) is 2. The number of anilines is 1. The van der Waals surface area contributed by atoms with Crippen LogP contribution in [-0.2, 0) is 21.7 Å². The summed E-state index contributed by atoms with van der Waals surface area (Å²) in [7, 11) is 1.48. The van der Waals surface area contributed by atoms with Crippen LogP contribution in [0.2, 0.25) is 0 Å². The van der Waals surface area contributed by atoms with Gasteiger partial charge >= 0.3 is 5.97 Å². The Bertz CT molecular complexity index is 1020. The molecule has 0 saturated carbocycles. The van der Waals surface area contributed by atoms with Crippen molar-refractivity contribution >= 4 is 39.0 Å². The van der Waals surface area contributed by atoms with Crippen molar-refractivity contribution in [1.82, 2.24) is 9.78 Å². The molecule has 0 fully saturated rings. The molecule has 0 saturated heterocycles. The zero-order chi connectivity index (χ0) is 19.8. The summed E-state index contributed by atoms with van der Waals surface area (Å²) in [5.74, 6) is -1.90. The molecule has 142 valence electrons. The molecule has 3 aromatic rings. The van der Waals surface area contributed by atoms with Crippen molar-refractivity contribution in [2.45, 2.75) is 26.0 Å². The average molecular weight is 391 g/mol. The fourth-order valence-electron chi connectivity index (χ4n) is 2.61. The van der Waals surface area contributed by atoms with Crippen LogP contribution in [0, 0.1) is 5.82 Å². The lowest BCUT2D eigenvalue weighted by Gasteiger charge is -2.19. The summed E-state index contributed by atoms with van der Waals surface area (Å²) < 4.78 is 21.3. The number of ether oxygens (including phenoxy) is 1. The molecule has 0 spiro atoms. The highest BCUT2D eigenvalue weighted by Crippen LogP contribution is 2.34. The number of thiophene rings is 1. The summed E-state index contributed by atoms with van der Waals surface area (Å²) >= 11 is 1.17. The van der Waals surface area contributed by atoms with Gasteiger partial charge in [-0.25, -0.2) is 9.18 Å². The number of carbonyl (C=O) groups is 2. The van der Waals surface area contributed by atoms with Crippen molar-refractivity contribution in [3.8, 4) is 0 Å². The number of amides is 1. The number of carboxylic acids is 1. The summed E-state index contributed by atoms with van der Waals surface area (Å²) in [6.07, 6.45) is 2.81. The lowest BCUT2D eigenvalue weighted by atomic mass is 10.1. The fourth-order valence-corrected chi connectivity index (χ4v) is 3.73. The summed E-state index contributed by atoms with van der Waals surface area (Å²) in [5, 5.41) is 16.3. The number of fused-ring (bicyclic) bond motifs is 1. The highest BCUT2D eigenvalue weighted by Gasteiger charge is 2.30. The van der Waals surface area contributed by atoms with Gasteiger partial charge in [-0.05, 0) is 26.0 Å². The van der Waals surface area contributed by atoms with E-state index in [0.717, 1.165) is 0 Å². The first kappa shape index (κ1) is 19.0. The molecule has 0 aliphatic rings. The number of nitrogens with one attached hydrogen (secondary N) is 1. The van der Waals surface area contributed by atoms with Crippen LogP contribution in [0.3, 0.4) is 0 Å². The Labute approximate surface area is 158 Å². The van der Waals surface area contributed by atoms with Crippen molar-refractivity contribution in [3.05, 3.63) is 46.9 Å². The lowest BCUT2D eigenvalue weighted by molar-refractivity contribution is -0.146. The molecule has 9 heteroatoms. The van der Waals surface area contributed by atoms with Crippen molar-refractivity contribution in [2.24, 2.45) is 0 Å². The van der Waals surface area contributed by atoms with Gasteiger partial charge in [-0.1, -0.05) is 6.07 Å². The van der Waals surface area contributed by atoms with E-state index in [4.69, 9.17) is 4.74 Å². The van der Waals surface area contributed by atoms with Crippen molar-refractivity contribution in [1.29, 1.82) is 0 Å². The maximum atomic E-state index is 14.2. The fraction of sp³-hybridized carbons (Fsp3) is 0.278. The minimum Gasteiger partial charge on any atom is -0.479 e. The van der Waals surface area contributed by atoms with Crippen LogP contribution in [0.15, 0.2) is 30.6 Å². The van der Waals surface area contributed by atoms with Gasteiger partial charge in [0.15, 0.2) is 5.54 Å². The standard InChI is InChI=1S/C18H18FN3O4S/c1-18(2,17(24)25)22-8-10(7-20-22)21-16(23)15-11(9-26-3)14-12(19)5-4-6-13(14)27-15/h4-8H,9H2,1-3H3,(H,21,23)(H,24,25). The Hall–Kier alpha value is -2.78. The maximum Gasteiger partial charge on any atom is 0.331 e. The quantitative estimate of drug-likeness (QED) is 0.671. The normalized spacial score (nSPS) is 11.7. The number of nitrogens with zero attached hydrogens (tertiary/aromatic N) is 2. The molecule has 0 bridgehead atoms. The number of halogens is 1. The van der Waals surface area contributed by atoms with E-state index in [0.29, 0.717) is 26.2 Å². The van der Waals surface area contributed by atoms with E-state index in [1.165, 1.54) is 55.4 Å². The summed E-state index contributed by atoms with van der Waals surface area (Å²) in [6, 6.07) is 4.67. The Morgan fingerprint density at radius 1 is 1.41 bits per heavy atom. The van der Waals surface area contributed by atoms with Crippen LogP contribution in [-0.4, -0.2) is 33.9 Å². The largest absolute Gasteiger partial charge is 0.479 e. The predicted molar refractivity (Wildman–Crippen MR) is 99.6 cm³/mol. The molecular formula is C18H18FN3O4S. The van der Waals surface area contributed by atoms with E-state index in [2.05, 4.69) is 10.4 Å². The average Bonchev–Trinajstić information content (AvgIpc) is 3.21. The summed E-state index contributed by atoms with van der Waals surface area (Å²) in [4.78, 5) is 24.4. The second kappa shape index (κ2) is 7.09. The molecule has 1 amide bonds. The van der Waals surface area contributed by atoms with Gasteiger partial charge in [0.25, 0.3) is 5.91 Å². The van der Waals surface area contributed by atoms with E-state index < -0.39 is 23.2 Å². The van der Waals surface area contributed by atoms with Gasteiger partial charge in [0.1, 0.15) is 5.82 Å². The summed E-state index contributed by atoms with van der Waals surface area (Å²) in [6.45, 7) is 3.09. The van der Waals surface area contributed by atoms with Gasteiger partial charge in [0.2, 0.25) is 0 Å². The molecule has 27 heavy (non-hydrogen) atoms. The highest BCUT2D eigenvalue weighted by atomic mass is 32.1. The Balaban J connectivity index is 1.93. The molecule has 3 rings (SSSR count). The van der Waals surface area contributed by atoms with Crippen molar-refractivity contribution in [2.75, 3.05) is 12.4 Å².